The predicted molar refractivity (Wildman–Crippen MR) is 58.3 cm³/mol. The number of hydrogen-bond donors (Lipinski definition) is 1. The van der Waals surface area contributed by atoms with E-state index in [2.05, 4.69) is 35.5 Å². The molecular formula is C10H20N4. The number of aromatic nitrogens is 2. The van der Waals surface area contributed by atoms with Gasteiger partial charge in [-0.15, -0.1) is 0 Å². The Morgan fingerprint density at radius 3 is 2.71 bits per heavy atom. The topological polar surface area (TPSA) is 33.1 Å². The first kappa shape index (κ1) is 11.2. The van der Waals surface area contributed by atoms with Crippen molar-refractivity contribution < 1.29 is 0 Å². The van der Waals surface area contributed by atoms with E-state index in [4.69, 9.17) is 0 Å². The molecular weight excluding hydrogens is 176 g/mol. The molecule has 0 saturated carbocycles. The molecule has 1 aromatic heterocycles. The van der Waals surface area contributed by atoms with Crippen LogP contribution in [-0.4, -0.2) is 48.4 Å². The third-order valence-electron chi connectivity index (χ3n) is 2.22. The van der Waals surface area contributed by atoms with Crippen LogP contribution < -0.4 is 5.32 Å². The zero-order valence-corrected chi connectivity index (χ0v) is 9.49. The van der Waals surface area contributed by atoms with Gasteiger partial charge in [-0.05, 0) is 27.2 Å². The third kappa shape index (κ3) is 3.47. The Hall–Kier alpha value is -0.870. The summed E-state index contributed by atoms with van der Waals surface area (Å²) in [6.45, 7) is 1.03. The van der Waals surface area contributed by atoms with Crippen LogP contribution >= 0.6 is 0 Å². The van der Waals surface area contributed by atoms with Crippen molar-refractivity contribution in [2.24, 2.45) is 7.05 Å². The molecule has 1 unspecified atom stereocenters. The maximum absolute atomic E-state index is 4.36. The summed E-state index contributed by atoms with van der Waals surface area (Å²) in [4.78, 5) is 2.18. The highest BCUT2D eigenvalue weighted by Gasteiger charge is 2.09. The van der Waals surface area contributed by atoms with Crippen LogP contribution in [0.25, 0.3) is 0 Å². The Morgan fingerprint density at radius 1 is 1.57 bits per heavy atom. The number of nitrogens with zero attached hydrogens (tertiary/aromatic N) is 3. The summed E-state index contributed by atoms with van der Waals surface area (Å²) in [5.41, 5.74) is 1.15. The van der Waals surface area contributed by atoms with E-state index in [1.54, 1.807) is 0 Å². The second-order valence-corrected chi connectivity index (χ2v) is 3.93. The van der Waals surface area contributed by atoms with E-state index in [0.717, 1.165) is 18.7 Å². The Kier molecular flexibility index (Phi) is 4.10. The molecule has 0 spiro atoms. The van der Waals surface area contributed by atoms with Crippen molar-refractivity contribution in [3.63, 3.8) is 0 Å². The van der Waals surface area contributed by atoms with E-state index in [0.29, 0.717) is 6.04 Å². The molecule has 0 aliphatic heterocycles. The summed E-state index contributed by atoms with van der Waals surface area (Å²) in [6.07, 6.45) is 2.97. The van der Waals surface area contributed by atoms with Crippen molar-refractivity contribution in [2.45, 2.75) is 12.5 Å². The minimum atomic E-state index is 0.472. The van der Waals surface area contributed by atoms with Gasteiger partial charge in [0.15, 0.2) is 0 Å². The number of aryl methyl sites for hydroxylation is 1. The lowest BCUT2D eigenvalue weighted by atomic mass is 10.1. The SMILES string of the molecule is CNC(Cc1ccn(C)n1)CN(C)C. The lowest BCUT2D eigenvalue weighted by Crippen LogP contribution is -2.37. The molecule has 1 atom stereocenters. The quantitative estimate of drug-likeness (QED) is 0.726. The van der Waals surface area contributed by atoms with Gasteiger partial charge in [-0.1, -0.05) is 0 Å². The molecule has 1 N–H and O–H groups in total. The van der Waals surface area contributed by atoms with Gasteiger partial charge in [0.25, 0.3) is 0 Å². The fourth-order valence-electron chi connectivity index (χ4n) is 1.52. The van der Waals surface area contributed by atoms with Gasteiger partial charge in [-0.2, -0.15) is 5.10 Å². The zero-order chi connectivity index (χ0) is 10.6. The van der Waals surface area contributed by atoms with Gasteiger partial charge in [-0.3, -0.25) is 4.68 Å². The first-order valence-electron chi connectivity index (χ1n) is 4.92. The lowest BCUT2D eigenvalue weighted by Gasteiger charge is -2.19. The summed E-state index contributed by atoms with van der Waals surface area (Å²) < 4.78 is 1.84. The van der Waals surface area contributed by atoms with Crippen molar-refractivity contribution >= 4 is 0 Å². The van der Waals surface area contributed by atoms with E-state index in [1.807, 2.05) is 25.0 Å². The van der Waals surface area contributed by atoms with Gasteiger partial charge in [0.05, 0.1) is 5.69 Å². The van der Waals surface area contributed by atoms with Crippen LogP contribution in [0.15, 0.2) is 12.3 Å². The lowest BCUT2D eigenvalue weighted by molar-refractivity contribution is 0.345. The van der Waals surface area contributed by atoms with E-state index < -0.39 is 0 Å². The Balaban J connectivity index is 2.48. The summed E-state index contributed by atoms with van der Waals surface area (Å²) in [5, 5.41) is 7.66. The van der Waals surface area contributed by atoms with Crippen LogP contribution in [0.1, 0.15) is 5.69 Å². The Labute approximate surface area is 85.9 Å². The second-order valence-electron chi connectivity index (χ2n) is 3.93. The fourth-order valence-corrected chi connectivity index (χ4v) is 1.52. The molecule has 0 amide bonds. The Morgan fingerprint density at radius 2 is 2.29 bits per heavy atom. The summed E-state index contributed by atoms with van der Waals surface area (Å²) >= 11 is 0. The van der Waals surface area contributed by atoms with Crippen molar-refractivity contribution in [1.29, 1.82) is 0 Å². The number of likely N-dealkylation sites (N-methyl/N-ethyl adjacent to an activating group) is 2. The molecule has 0 aromatic carbocycles. The van der Waals surface area contributed by atoms with E-state index in [9.17, 15) is 0 Å². The van der Waals surface area contributed by atoms with E-state index in [-0.39, 0.29) is 0 Å². The number of rotatable bonds is 5. The molecule has 0 radical (unpaired) electrons. The molecule has 0 fully saturated rings. The monoisotopic (exact) mass is 196 g/mol. The molecule has 0 aliphatic carbocycles. The molecule has 80 valence electrons. The van der Waals surface area contributed by atoms with Crippen LogP contribution in [0.2, 0.25) is 0 Å². The standard InChI is InChI=1S/C10H20N4/c1-11-10(8-13(2)3)7-9-5-6-14(4)12-9/h5-6,10-11H,7-8H2,1-4H3. The normalized spacial score (nSPS) is 13.5. The highest BCUT2D eigenvalue weighted by molar-refractivity contribution is 5.01. The molecule has 14 heavy (non-hydrogen) atoms. The smallest absolute Gasteiger partial charge is 0.0640 e. The fraction of sp³-hybridized carbons (Fsp3) is 0.700. The average molecular weight is 196 g/mol. The van der Waals surface area contributed by atoms with Crippen LogP contribution in [-0.2, 0) is 13.5 Å². The second kappa shape index (κ2) is 5.12. The zero-order valence-electron chi connectivity index (χ0n) is 9.49. The predicted octanol–water partition coefficient (Wildman–Crippen LogP) is 0.112. The summed E-state index contributed by atoms with van der Waals surface area (Å²) in [5.74, 6) is 0. The van der Waals surface area contributed by atoms with Crippen LogP contribution in [0, 0.1) is 0 Å². The third-order valence-corrected chi connectivity index (χ3v) is 2.22. The van der Waals surface area contributed by atoms with E-state index in [1.165, 1.54) is 0 Å². The molecule has 1 rings (SSSR count). The molecule has 0 aliphatic rings. The van der Waals surface area contributed by atoms with Gasteiger partial charge < -0.3 is 10.2 Å². The summed E-state index contributed by atoms with van der Waals surface area (Å²) in [7, 11) is 8.12. The molecule has 1 heterocycles. The average Bonchev–Trinajstić information content (AvgIpc) is 2.49. The van der Waals surface area contributed by atoms with Crippen molar-refractivity contribution in [2.75, 3.05) is 27.7 Å². The molecule has 0 bridgehead atoms. The van der Waals surface area contributed by atoms with Crippen LogP contribution in [0.3, 0.4) is 0 Å². The minimum Gasteiger partial charge on any atom is -0.315 e. The van der Waals surface area contributed by atoms with Gasteiger partial charge in [0, 0.05) is 32.3 Å². The van der Waals surface area contributed by atoms with Gasteiger partial charge >= 0.3 is 0 Å². The van der Waals surface area contributed by atoms with E-state index >= 15 is 0 Å². The molecule has 1 aromatic rings. The Bertz CT molecular complexity index is 267. The summed E-state index contributed by atoms with van der Waals surface area (Å²) in [6, 6.07) is 2.54. The first-order valence-corrected chi connectivity index (χ1v) is 4.92. The van der Waals surface area contributed by atoms with Crippen molar-refractivity contribution in [3.05, 3.63) is 18.0 Å². The number of nitrogens with one attached hydrogen (secondary N) is 1. The van der Waals surface area contributed by atoms with Crippen molar-refractivity contribution in [1.82, 2.24) is 20.0 Å². The molecule has 0 saturated heterocycles. The van der Waals surface area contributed by atoms with Gasteiger partial charge in [-0.25, -0.2) is 0 Å². The maximum Gasteiger partial charge on any atom is 0.0640 e. The van der Waals surface area contributed by atoms with Crippen LogP contribution in [0.5, 0.6) is 0 Å². The molecule has 4 nitrogen and oxygen atoms in total. The van der Waals surface area contributed by atoms with Crippen molar-refractivity contribution in [3.8, 4) is 0 Å². The maximum atomic E-state index is 4.36. The highest BCUT2D eigenvalue weighted by atomic mass is 15.2. The first-order chi connectivity index (χ1) is 6.61. The highest BCUT2D eigenvalue weighted by Crippen LogP contribution is 2.00. The molecule has 4 heteroatoms. The largest absolute Gasteiger partial charge is 0.315 e. The van der Waals surface area contributed by atoms with Crippen LogP contribution in [0.4, 0.5) is 0 Å². The minimum absolute atomic E-state index is 0.472. The van der Waals surface area contributed by atoms with Gasteiger partial charge in [0.1, 0.15) is 0 Å². The number of hydrogen-bond acceptors (Lipinski definition) is 3. The van der Waals surface area contributed by atoms with Gasteiger partial charge in [0.2, 0.25) is 0 Å².